The maximum atomic E-state index is 12.1. The van der Waals surface area contributed by atoms with E-state index in [4.69, 9.17) is 0 Å². The van der Waals surface area contributed by atoms with Crippen LogP contribution in [0.15, 0.2) is 24.3 Å². The number of nitrogens with zero attached hydrogens (tertiary/aromatic N) is 1. The number of rotatable bonds is 6. The maximum absolute atomic E-state index is 12.1. The molecule has 114 valence electrons. The van der Waals surface area contributed by atoms with Crippen LogP contribution in [-0.2, 0) is 11.2 Å². The molecule has 1 aliphatic heterocycles. The molecule has 0 spiro atoms. The molecule has 4 heteroatoms. The monoisotopic (exact) mass is 288 g/mol. The Hall–Kier alpha value is -1.68. The fraction of sp³-hybridized carbons (Fsp3) is 0.529. The Morgan fingerprint density at radius 1 is 1.24 bits per heavy atom. The Morgan fingerprint density at radius 3 is 2.52 bits per heavy atom. The first-order chi connectivity index (χ1) is 10.1. The van der Waals surface area contributed by atoms with Crippen molar-refractivity contribution in [3.8, 4) is 0 Å². The van der Waals surface area contributed by atoms with E-state index >= 15 is 0 Å². The van der Waals surface area contributed by atoms with Crippen molar-refractivity contribution in [3.05, 3.63) is 35.4 Å². The summed E-state index contributed by atoms with van der Waals surface area (Å²) in [7, 11) is 1.83. The molecule has 1 N–H and O–H groups in total. The van der Waals surface area contributed by atoms with E-state index in [1.54, 1.807) is 4.90 Å². The third-order valence-corrected chi connectivity index (χ3v) is 4.23. The summed E-state index contributed by atoms with van der Waals surface area (Å²) in [4.78, 5) is 26.0. The minimum atomic E-state index is 0.0453. The highest BCUT2D eigenvalue weighted by molar-refractivity contribution is 5.98. The second-order valence-electron chi connectivity index (χ2n) is 5.62. The number of ketones is 1. The van der Waals surface area contributed by atoms with Crippen LogP contribution in [0.1, 0.15) is 42.1 Å². The van der Waals surface area contributed by atoms with Gasteiger partial charge in [0.1, 0.15) is 0 Å². The van der Waals surface area contributed by atoms with E-state index in [0.29, 0.717) is 12.0 Å². The number of hydrogen-bond acceptors (Lipinski definition) is 3. The lowest BCUT2D eigenvalue weighted by molar-refractivity contribution is -0.131. The molecule has 1 heterocycles. The van der Waals surface area contributed by atoms with Gasteiger partial charge in [-0.25, -0.2) is 0 Å². The van der Waals surface area contributed by atoms with Crippen LogP contribution in [0.5, 0.6) is 0 Å². The average Bonchev–Trinajstić information content (AvgIpc) is 3.06. The summed E-state index contributed by atoms with van der Waals surface area (Å²) >= 11 is 0. The van der Waals surface area contributed by atoms with Gasteiger partial charge < -0.3 is 10.2 Å². The van der Waals surface area contributed by atoms with Gasteiger partial charge in [0.15, 0.2) is 5.78 Å². The number of aryl methyl sites for hydroxylation is 1. The molecule has 1 aromatic carbocycles. The normalized spacial score (nSPS) is 17.7. The summed E-state index contributed by atoms with van der Waals surface area (Å²) < 4.78 is 0. The standard InChI is InChI=1S/C17H24N2O2/c1-3-13-4-6-14(7-5-13)16(20)8-9-17(21)19(2)15-10-11-18-12-15/h4-7,15,18H,3,8-12H2,1-2H3. The van der Waals surface area contributed by atoms with Gasteiger partial charge >= 0.3 is 0 Å². The Kier molecular flexibility index (Phi) is 5.51. The third kappa shape index (κ3) is 4.14. The smallest absolute Gasteiger partial charge is 0.223 e. The number of Topliss-reactive ketones (excluding diaryl/α,β-unsaturated/α-hetero) is 1. The van der Waals surface area contributed by atoms with Crippen LogP contribution in [-0.4, -0.2) is 42.8 Å². The zero-order valence-electron chi connectivity index (χ0n) is 12.9. The molecular weight excluding hydrogens is 264 g/mol. The predicted octanol–water partition coefficient (Wildman–Crippen LogP) is 2.03. The molecule has 0 radical (unpaired) electrons. The zero-order chi connectivity index (χ0) is 15.2. The van der Waals surface area contributed by atoms with Gasteiger partial charge in [-0.1, -0.05) is 31.2 Å². The quantitative estimate of drug-likeness (QED) is 0.815. The molecule has 0 bridgehead atoms. The number of benzene rings is 1. The minimum absolute atomic E-state index is 0.0453. The molecule has 21 heavy (non-hydrogen) atoms. The van der Waals surface area contributed by atoms with Crippen LogP contribution >= 0.6 is 0 Å². The number of carbonyl (C=O) groups is 2. The van der Waals surface area contributed by atoms with E-state index in [2.05, 4.69) is 12.2 Å². The van der Waals surface area contributed by atoms with Crippen LogP contribution in [0.2, 0.25) is 0 Å². The lowest BCUT2D eigenvalue weighted by Crippen LogP contribution is -2.38. The van der Waals surface area contributed by atoms with Crippen LogP contribution in [0, 0.1) is 0 Å². The van der Waals surface area contributed by atoms with Crippen molar-refractivity contribution in [2.45, 2.75) is 38.6 Å². The Balaban J connectivity index is 1.83. The van der Waals surface area contributed by atoms with Crippen LogP contribution in [0.4, 0.5) is 0 Å². The summed E-state index contributed by atoms with van der Waals surface area (Å²) in [6, 6.07) is 7.94. The van der Waals surface area contributed by atoms with E-state index in [1.165, 1.54) is 5.56 Å². The van der Waals surface area contributed by atoms with E-state index in [9.17, 15) is 9.59 Å². The molecule has 1 fully saturated rings. The second-order valence-corrected chi connectivity index (χ2v) is 5.62. The Bertz CT molecular complexity index is 490. The highest BCUT2D eigenvalue weighted by Gasteiger charge is 2.23. The summed E-state index contributed by atoms with van der Waals surface area (Å²) in [5, 5.41) is 3.25. The van der Waals surface area contributed by atoms with Crippen molar-refractivity contribution in [2.24, 2.45) is 0 Å². The number of amides is 1. The van der Waals surface area contributed by atoms with Gasteiger partial charge in [-0.2, -0.15) is 0 Å². The van der Waals surface area contributed by atoms with Gasteiger partial charge in [0.05, 0.1) is 0 Å². The molecule has 1 aliphatic rings. The summed E-state index contributed by atoms with van der Waals surface area (Å²) in [6.45, 7) is 3.91. The first-order valence-corrected chi connectivity index (χ1v) is 7.70. The van der Waals surface area contributed by atoms with E-state index in [-0.39, 0.29) is 24.2 Å². The molecule has 1 saturated heterocycles. The average molecular weight is 288 g/mol. The molecule has 1 amide bonds. The zero-order valence-corrected chi connectivity index (χ0v) is 12.9. The lowest BCUT2D eigenvalue weighted by Gasteiger charge is -2.23. The molecule has 2 rings (SSSR count). The molecule has 1 unspecified atom stereocenters. The van der Waals surface area contributed by atoms with Gasteiger partial charge in [0.2, 0.25) is 5.91 Å². The van der Waals surface area contributed by atoms with Crippen molar-refractivity contribution in [1.82, 2.24) is 10.2 Å². The summed E-state index contributed by atoms with van der Waals surface area (Å²) in [6.07, 6.45) is 2.54. The predicted molar refractivity (Wildman–Crippen MR) is 83.4 cm³/mol. The summed E-state index contributed by atoms with van der Waals surface area (Å²) in [5.74, 6) is 0.103. The Morgan fingerprint density at radius 2 is 1.95 bits per heavy atom. The second kappa shape index (κ2) is 7.36. The maximum Gasteiger partial charge on any atom is 0.223 e. The van der Waals surface area contributed by atoms with Crippen molar-refractivity contribution in [3.63, 3.8) is 0 Å². The highest BCUT2D eigenvalue weighted by atomic mass is 16.2. The van der Waals surface area contributed by atoms with Gasteiger partial charge in [-0.15, -0.1) is 0 Å². The minimum Gasteiger partial charge on any atom is -0.341 e. The van der Waals surface area contributed by atoms with E-state index in [0.717, 1.165) is 25.9 Å². The molecule has 4 nitrogen and oxygen atoms in total. The summed E-state index contributed by atoms with van der Waals surface area (Å²) in [5.41, 5.74) is 1.92. The van der Waals surface area contributed by atoms with Crippen LogP contribution < -0.4 is 5.32 Å². The number of hydrogen-bond donors (Lipinski definition) is 1. The van der Waals surface area contributed by atoms with Gasteiger partial charge in [-0.3, -0.25) is 9.59 Å². The first kappa shape index (κ1) is 15.7. The molecule has 1 aromatic rings. The molecule has 0 aliphatic carbocycles. The van der Waals surface area contributed by atoms with Crippen LogP contribution in [0.25, 0.3) is 0 Å². The van der Waals surface area contributed by atoms with Crippen molar-refractivity contribution in [2.75, 3.05) is 20.1 Å². The number of likely N-dealkylation sites (N-methyl/N-ethyl adjacent to an activating group) is 1. The largest absolute Gasteiger partial charge is 0.341 e. The number of carbonyl (C=O) groups excluding carboxylic acids is 2. The molecular formula is C17H24N2O2. The van der Waals surface area contributed by atoms with E-state index in [1.807, 2.05) is 31.3 Å². The van der Waals surface area contributed by atoms with Gasteiger partial charge in [-0.05, 0) is 24.9 Å². The van der Waals surface area contributed by atoms with Crippen LogP contribution in [0.3, 0.4) is 0 Å². The fourth-order valence-electron chi connectivity index (χ4n) is 2.64. The van der Waals surface area contributed by atoms with Gasteiger partial charge in [0, 0.05) is 38.0 Å². The topological polar surface area (TPSA) is 49.4 Å². The molecule has 1 atom stereocenters. The Labute approximate surface area is 126 Å². The van der Waals surface area contributed by atoms with Crippen molar-refractivity contribution >= 4 is 11.7 Å². The van der Waals surface area contributed by atoms with Crippen molar-refractivity contribution in [1.29, 1.82) is 0 Å². The van der Waals surface area contributed by atoms with E-state index < -0.39 is 0 Å². The fourth-order valence-corrected chi connectivity index (χ4v) is 2.64. The molecule has 0 aromatic heterocycles. The SMILES string of the molecule is CCc1ccc(C(=O)CCC(=O)N(C)C2CCNC2)cc1. The molecule has 0 saturated carbocycles. The first-order valence-electron chi connectivity index (χ1n) is 7.70. The lowest BCUT2D eigenvalue weighted by atomic mass is 10.0. The third-order valence-electron chi connectivity index (χ3n) is 4.23. The van der Waals surface area contributed by atoms with Gasteiger partial charge in [0.25, 0.3) is 0 Å². The number of nitrogens with one attached hydrogen (secondary N) is 1. The highest BCUT2D eigenvalue weighted by Crippen LogP contribution is 2.12. The van der Waals surface area contributed by atoms with Crippen molar-refractivity contribution < 1.29 is 9.59 Å².